The molecule has 0 amide bonds. The van der Waals surface area contributed by atoms with Crippen molar-refractivity contribution in [2.45, 2.75) is 107 Å². The van der Waals surface area contributed by atoms with Crippen molar-refractivity contribution in [2.24, 2.45) is 35.5 Å². The monoisotopic (exact) mass is 466 g/mol. The quantitative estimate of drug-likeness (QED) is 0.230. The van der Waals surface area contributed by atoms with Gasteiger partial charge in [0.25, 0.3) is 0 Å². The molecule has 0 rings (SSSR count). The highest BCUT2D eigenvalue weighted by atomic mass is 16.5. The van der Waals surface area contributed by atoms with Gasteiger partial charge in [0.2, 0.25) is 0 Å². The van der Waals surface area contributed by atoms with E-state index in [2.05, 4.69) is 89.0 Å². The largest absolute Gasteiger partial charge is 0.480 e. The summed E-state index contributed by atoms with van der Waals surface area (Å²) >= 11 is 0. The second-order valence-electron chi connectivity index (χ2n) is 11.4. The van der Waals surface area contributed by atoms with Gasteiger partial charge in [-0.2, -0.15) is 0 Å². The maximum absolute atomic E-state index is 8.72. The molecule has 0 saturated heterocycles. The molecule has 0 spiro atoms. The Bertz CT molecular complexity index is 565. The molecule has 5 heteroatoms. The van der Waals surface area contributed by atoms with Crippen LogP contribution >= 0.6 is 0 Å². The van der Waals surface area contributed by atoms with Crippen LogP contribution in [0.5, 0.6) is 0 Å². The fourth-order valence-electron chi connectivity index (χ4n) is 3.29. The van der Waals surface area contributed by atoms with E-state index in [1.807, 2.05) is 0 Å². The summed E-state index contributed by atoms with van der Waals surface area (Å²) in [6, 6.07) is 0. The van der Waals surface area contributed by atoms with E-state index in [4.69, 9.17) is 25.9 Å². The predicted molar refractivity (Wildman–Crippen MR) is 144 cm³/mol. The van der Waals surface area contributed by atoms with Gasteiger partial charge < -0.3 is 19.5 Å². The second kappa shape index (κ2) is 16.8. The van der Waals surface area contributed by atoms with Crippen LogP contribution in [0.1, 0.15) is 95.9 Å². The zero-order chi connectivity index (χ0) is 26.4. The minimum atomic E-state index is -1.39. The minimum Gasteiger partial charge on any atom is -0.424 e. The van der Waals surface area contributed by atoms with E-state index in [0.29, 0.717) is 48.7 Å². The molecule has 0 unspecified atom stereocenters. The van der Waals surface area contributed by atoms with Crippen molar-refractivity contribution in [3.8, 4) is 12.3 Å². The average Bonchev–Trinajstić information content (AvgIpc) is 2.69. The minimum absolute atomic E-state index is 0.0872. The normalized spacial score (nSPS) is 17.5. The van der Waals surface area contributed by atoms with Gasteiger partial charge in [0.1, 0.15) is 6.61 Å². The lowest BCUT2D eigenvalue weighted by molar-refractivity contribution is -0.0696. The van der Waals surface area contributed by atoms with Crippen molar-refractivity contribution < 1.29 is 19.5 Å². The zero-order valence-electron chi connectivity index (χ0n) is 23.8. The summed E-state index contributed by atoms with van der Waals surface area (Å²) in [5.74, 6) is 7.40. The summed E-state index contributed by atoms with van der Waals surface area (Å²) in [6.07, 6.45) is 8.99. The summed E-state index contributed by atoms with van der Waals surface area (Å²) in [4.78, 5) is 0. The molecule has 0 aliphatic rings. The molecule has 0 fully saturated rings. The van der Waals surface area contributed by atoms with Crippen LogP contribution in [-0.2, 0) is 9.47 Å². The highest BCUT2D eigenvalue weighted by Gasteiger charge is 2.32. The summed E-state index contributed by atoms with van der Waals surface area (Å²) in [7, 11) is -1.39. The molecule has 4 atom stereocenters. The molecule has 0 aromatic heterocycles. The smallest absolute Gasteiger partial charge is 0.424 e. The molecule has 0 aromatic carbocycles. The van der Waals surface area contributed by atoms with Crippen molar-refractivity contribution >= 4 is 7.12 Å². The standard InChI is InChI=1S/C14H29BO3.C14H26O/c1-11(2)13(5)10-14(6,12(3)4)18-9-7-8-15(16)17;1-8-9-15-14(7,12(4)5)10-13(6)11(2)3/h7-8,11-13,16-17H,9-10H2,1-6H3;1,11-13H,9-10H2,2-7H3/b8-7+;/t2*13-,14+/m11/s1. The van der Waals surface area contributed by atoms with Crippen LogP contribution in [0.3, 0.4) is 0 Å². The third-order valence-electron chi connectivity index (χ3n) is 7.48. The Kier molecular flexibility index (Phi) is 17.5. The molecule has 0 aromatic rings. The van der Waals surface area contributed by atoms with Crippen molar-refractivity contribution in [1.29, 1.82) is 0 Å². The van der Waals surface area contributed by atoms with Gasteiger partial charge in [-0.3, -0.25) is 0 Å². The Labute approximate surface area is 207 Å². The third kappa shape index (κ3) is 14.9. The lowest BCUT2D eigenvalue weighted by Gasteiger charge is -2.37. The topological polar surface area (TPSA) is 58.9 Å². The summed E-state index contributed by atoms with van der Waals surface area (Å²) in [5, 5.41) is 17.4. The third-order valence-corrected chi connectivity index (χ3v) is 7.48. The van der Waals surface area contributed by atoms with E-state index in [-0.39, 0.29) is 11.2 Å². The number of terminal acetylenes is 1. The first kappa shape index (κ1) is 34.4. The molecular formula is C28H55BO4. The van der Waals surface area contributed by atoms with Crippen LogP contribution in [-0.4, -0.2) is 41.6 Å². The molecule has 2 N–H and O–H groups in total. The highest BCUT2D eigenvalue weighted by molar-refractivity contribution is 6.47. The van der Waals surface area contributed by atoms with E-state index in [0.717, 1.165) is 12.8 Å². The lowest BCUT2D eigenvalue weighted by Crippen LogP contribution is -2.37. The van der Waals surface area contributed by atoms with Gasteiger partial charge >= 0.3 is 7.12 Å². The molecule has 33 heavy (non-hydrogen) atoms. The molecule has 0 aliphatic heterocycles. The van der Waals surface area contributed by atoms with E-state index >= 15 is 0 Å². The van der Waals surface area contributed by atoms with Gasteiger partial charge in [-0.05, 0) is 62.2 Å². The van der Waals surface area contributed by atoms with E-state index in [1.54, 1.807) is 6.08 Å². The van der Waals surface area contributed by atoms with Crippen molar-refractivity contribution in [3.05, 3.63) is 12.1 Å². The van der Waals surface area contributed by atoms with Crippen LogP contribution in [0, 0.1) is 47.9 Å². The maximum Gasteiger partial charge on any atom is 0.480 e. The molecule has 0 saturated carbocycles. The maximum atomic E-state index is 8.72. The van der Waals surface area contributed by atoms with Crippen molar-refractivity contribution in [1.82, 2.24) is 0 Å². The second-order valence-corrected chi connectivity index (χ2v) is 11.4. The Morgan fingerprint density at radius 1 is 0.788 bits per heavy atom. The number of ether oxygens (including phenoxy) is 2. The van der Waals surface area contributed by atoms with Crippen LogP contribution in [0.25, 0.3) is 0 Å². The number of rotatable bonds is 14. The number of hydrogen-bond acceptors (Lipinski definition) is 4. The van der Waals surface area contributed by atoms with E-state index < -0.39 is 7.12 Å². The summed E-state index contributed by atoms with van der Waals surface area (Å²) in [5.41, 5.74) is -0.259. The lowest BCUT2D eigenvalue weighted by atomic mass is 9.80. The van der Waals surface area contributed by atoms with E-state index in [9.17, 15) is 0 Å². The fraction of sp³-hybridized carbons (Fsp3) is 0.857. The summed E-state index contributed by atoms with van der Waals surface area (Å²) in [6.45, 7) is 27.4. The molecule has 0 radical (unpaired) electrons. The van der Waals surface area contributed by atoms with Crippen LogP contribution in [0.4, 0.5) is 0 Å². The van der Waals surface area contributed by atoms with Crippen molar-refractivity contribution in [2.75, 3.05) is 13.2 Å². The molecular weight excluding hydrogens is 411 g/mol. The van der Waals surface area contributed by atoms with Crippen LogP contribution < -0.4 is 0 Å². The molecule has 194 valence electrons. The van der Waals surface area contributed by atoms with Gasteiger partial charge in [0.05, 0.1) is 17.8 Å². The molecule has 0 aliphatic carbocycles. The summed E-state index contributed by atoms with van der Waals surface area (Å²) < 4.78 is 11.8. The van der Waals surface area contributed by atoms with Gasteiger partial charge in [0, 0.05) is 0 Å². The van der Waals surface area contributed by atoms with E-state index in [1.165, 1.54) is 5.98 Å². The number of hydrogen-bond donors (Lipinski definition) is 2. The molecule has 0 bridgehead atoms. The first-order chi connectivity index (χ1) is 15.0. The first-order valence-electron chi connectivity index (χ1n) is 12.8. The predicted octanol–water partition coefficient (Wildman–Crippen LogP) is 6.40. The fourth-order valence-corrected chi connectivity index (χ4v) is 3.29. The zero-order valence-corrected chi connectivity index (χ0v) is 23.8. The van der Waals surface area contributed by atoms with Gasteiger partial charge in [-0.1, -0.05) is 87.2 Å². The van der Waals surface area contributed by atoms with Gasteiger partial charge in [0.15, 0.2) is 0 Å². The Hall–Kier alpha value is -0.795. The Morgan fingerprint density at radius 3 is 1.48 bits per heavy atom. The highest BCUT2D eigenvalue weighted by Crippen LogP contribution is 2.32. The first-order valence-corrected chi connectivity index (χ1v) is 12.8. The van der Waals surface area contributed by atoms with Crippen LogP contribution in [0.2, 0.25) is 0 Å². The van der Waals surface area contributed by atoms with Gasteiger partial charge in [-0.25, -0.2) is 0 Å². The van der Waals surface area contributed by atoms with Crippen molar-refractivity contribution in [3.63, 3.8) is 0 Å². The van der Waals surface area contributed by atoms with Crippen LogP contribution in [0.15, 0.2) is 12.1 Å². The SMILES string of the molecule is C#CCO[C@@](C)(C[C@@H](C)C(C)C)C(C)C.CC(C)[C@H](C)C[C@](C)(OC/C=C/B(O)O)C(C)C. The Morgan fingerprint density at radius 2 is 1.18 bits per heavy atom. The molecule has 4 nitrogen and oxygen atoms in total. The average molecular weight is 467 g/mol. The molecule has 0 heterocycles. The Balaban J connectivity index is 0. The van der Waals surface area contributed by atoms with Gasteiger partial charge in [-0.15, -0.1) is 6.42 Å².